The van der Waals surface area contributed by atoms with Crippen molar-refractivity contribution in [1.82, 2.24) is 9.80 Å². The molecular weight excluding hydrogens is 420 g/mol. The molecule has 0 aliphatic carbocycles. The summed E-state index contributed by atoms with van der Waals surface area (Å²) < 4.78 is 11.7. The van der Waals surface area contributed by atoms with E-state index in [4.69, 9.17) is 8.83 Å². The van der Waals surface area contributed by atoms with E-state index in [-0.39, 0.29) is 0 Å². The summed E-state index contributed by atoms with van der Waals surface area (Å²) in [6.07, 6.45) is 2.55. The fraction of sp³-hybridized carbons (Fsp3) is 0.636. The van der Waals surface area contributed by atoms with Gasteiger partial charge in [0.25, 0.3) is 0 Å². The molecule has 7 heteroatoms. The topological polar surface area (TPSA) is 32.8 Å². The van der Waals surface area contributed by atoms with Crippen LogP contribution in [0.4, 0.5) is 0 Å². The summed E-state index contributed by atoms with van der Waals surface area (Å²) in [6.45, 7) is 1.75. The van der Waals surface area contributed by atoms with Gasteiger partial charge in [0.15, 0.2) is 0 Å². The Bertz CT molecular complexity index is 614. The molecular formula is C22H36N2O2S3. The number of nitrogens with zero attached hydrogens (tertiary/aromatic N) is 2. The molecule has 0 atom stereocenters. The number of furan rings is 2. The van der Waals surface area contributed by atoms with Gasteiger partial charge < -0.3 is 18.6 Å². The molecule has 0 saturated carbocycles. The van der Waals surface area contributed by atoms with Crippen LogP contribution in [0, 0.1) is 0 Å². The summed E-state index contributed by atoms with van der Waals surface area (Å²) in [4.78, 5) is 4.26. The monoisotopic (exact) mass is 456 g/mol. The molecule has 2 aromatic rings. The van der Waals surface area contributed by atoms with Crippen molar-refractivity contribution in [3.63, 3.8) is 0 Å². The lowest BCUT2D eigenvalue weighted by molar-refractivity contribution is 0.344. The Morgan fingerprint density at radius 2 is 0.966 bits per heavy atom. The lowest BCUT2D eigenvalue weighted by Gasteiger charge is -2.06. The van der Waals surface area contributed by atoms with E-state index in [0.717, 1.165) is 47.6 Å². The smallest absolute Gasteiger partial charge is 0.118 e. The van der Waals surface area contributed by atoms with Gasteiger partial charge in [0, 0.05) is 0 Å². The van der Waals surface area contributed by atoms with Crippen LogP contribution in [-0.4, -0.2) is 61.0 Å². The number of rotatable bonds is 16. The van der Waals surface area contributed by atoms with Gasteiger partial charge in [0.2, 0.25) is 0 Å². The van der Waals surface area contributed by atoms with E-state index in [1.54, 1.807) is 0 Å². The van der Waals surface area contributed by atoms with Gasteiger partial charge in [-0.3, -0.25) is 0 Å². The molecule has 164 valence electrons. The Kier molecular flexibility index (Phi) is 12.4. The molecule has 0 amide bonds. The third-order valence-corrected chi connectivity index (χ3v) is 7.31. The van der Waals surface area contributed by atoms with E-state index in [1.165, 1.54) is 35.9 Å². The second-order valence-electron chi connectivity index (χ2n) is 7.64. The van der Waals surface area contributed by atoms with E-state index in [9.17, 15) is 0 Å². The van der Waals surface area contributed by atoms with Crippen LogP contribution in [0.15, 0.2) is 33.1 Å². The van der Waals surface area contributed by atoms with Gasteiger partial charge in [-0.15, -0.1) is 0 Å². The van der Waals surface area contributed by atoms with E-state index in [0.29, 0.717) is 0 Å². The summed E-state index contributed by atoms with van der Waals surface area (Å²) in [7, 11) is 8.26. The zero-order valence-corrected chi connectivity index (χ0v) is 20.8. The quantitative estimate of drug-likeness (QED) is 0.301. The molecule has 0 aromatic carbocycles. The van der Waals surface area contributed by atoms with Gasteiger partial charge in [-0.05, 0) is 88.3 Å². The molecule has 0 aliphatic heterocycles. The lowest BCUT2D eigenvalue weighted by atomic mass is 10.4. The van der Waals surface area contributed by atoms with Crippen molar-refractivity contribution in [2.75, 3.05) is 51.2 Å². The molecule has 29 heavy (non-hydrogen) atoms. The minimum atomic E-state index is 0.874. The molecule has 0 radical (unpaired) electrons. The van der Waals surface area contributed by atoms with Crippen LogP contribution in [0.1, 0.15) is 35.9 Å². The first kappa shape index (κ1) is 24.8. The molecule has 0 fully saturated rings. The van der Waals surface area contributed by atoms with Crippen molar-refractivity contribution < 1.29 is 8.83 Å². The molecule has 0 unspecified atom stereocenters. The number of hydrogen-bond acceptors (Lipinski definition) is 7. The SMILES string of the molecule is CN(C)Cc1ccc(CSCCCSCCCSCc2ccc(CN(C)C)o2)o1. The van der Waals surface area contributed by atoms with Crippen molar-refractivity contribution in [3.8, 4) is 0 Å². The largest absolute Gasteiger partial charge is 0.464 e. The van der Waals surface area contributed by atoms with Gasteiger partial charge in [-0.2, -0.15) is 35.3 Å². The zero-order chi connectivity index (χ0) is 20.9. The summed E-state index contributed by atoms with van der Waals surface area (Å²) in [6, 6.07) is 8.42. The summed E-state index contributed by atoms with van der Waals surface area (Å²) in [5, 5.41) is 0. The second kappa shape index (κ2) is 14.5. The zero-order valence-electron chi connectivity index (χ0n) is 18.3. The first-order valence-electron chi connectivity index (χ1n) is 10.2. The molecule has 0 spiro atoms. The number of thioether (sulfide) groups is 3. The average molecular weight is 457 g/mol. The Morgan fingerprint density at radius 3 is 1.38 bits per heavy atom. The molecule has 0 saturated heterocycles. The predicted octanol–water partition coefficient (Wildman–Crippen LogP) is 5.68. The first-order chi connectivity index (χ1) is 14.0. The lowest BCUT2D eigenvalue weighted by Crippen LogP contribution is -2.09. The van der Waals surface area contributed by atoms with Crippen LogP contribution in [0.5, 0.6) is 0 Å². The van der Waals surface area contributed by atoms with E-state index in [2.05, 4.69) is 74.0 Å². The molecule has 0 N–H and O–H groups in total. The van der Waals surface area contributed by atoms with E-state index < -0.39 is 0 Å². The van der Waals surface area contributed by atoms with E-state index in [1.807, 2.05) is 23.5 Å². The maximum absolute atomic E-state index is 5.85. The van der Waals surface area contributed by atoms with Crippen molar-refractivity contribution in [1.29, 1.82) is 0 Å². The van der Waals surface area contributed by atoms with Gasteiger partial charge in [-0.1, -0.05) is 0 Å². The normalized spacial score (nSPS) is 11.8. The molecule has 4 nitrogen and oxygen atoms in total. The molecule has 0 bridgehead atoms. The van der Waals surface area contributed by atoms with Gasteiger partial charge in [-0.25, -0.2) is 0 Å². The van der Waals surface area contributed by atoms with Crippen LogP contribution in [0.2, 0.25) is 0 Å². The van der Waals surface area contributed by atoms with Gasteiger partial charge >= 0.3 is 0 Å². The van der Waals surface area contributed by atoms with Crippen molar-refractivity contribution in [2.45, 2.75) is 37.4 Å². The highest BCUT2D eigenvalue weighted by Crippen LogP contribution is 2.19. The molecule has 2 rings (SSSR count). The van der Waals surface area contributed by atoms with Crippen molar-refractivity contribution in [3.05, 3.63) is 47.3 Å². The summed E-state index contributed by atoms with van der Waals surface area (Å²) in [5.74, 6) is 11.2. The van der Waals surface area contributed by atoms with Crippen molar-refractivity contribution >= 4 is 35.3 Å². The summed E-state index contributed by atoms with van der Waals surface area (Å²) >= 11 is 6.03. The Morgan fingerprint density at radius 1 is 0.586 bits per heavy atom. The highest BCUT2D eigenvalue weighted by atomic mass is 32.2. The predicted molar refractivity (Wildman–Crippen MR) is 131 cm³/mol. The van der Waals surface area contributed by atoms with Gasteiger partial charge in [0.05, 0.1) is 24.6 Å². The highest BCUT2D eigenvalue weighted by molar-refractivity contribution is 8.00. The maximum atomic E-state index is 5.85. The highest BCUT2D eigenvalue weighted by Gasteiger charge is 2.04. The average Bonchev–Trinajstić information content (AvgIpc) is 3.28. The minimum absolute atomic E-state index is 0.874. The fourth-order valence-electron chi connectivity index (χ4n) is 2.77. The van der Waals surface area contributed by atoms with Crippen LogP contribution in [0.3, 0.4) is 0 Å². The van der Waals surface area contributed by atoms with Crippen LogP contribution < -0.4 is 0 Å². The minimum Gasteiger partial charge on any atom is -0.464 e. The molecule has 2 aromatic heterocycles. The van der Waals surface area contributed by atoms with Crippen LogP contribution in [0.25, 0.3) is 0 Å². The van der Waals surface area contributed by atoms with Gasteiger partial charge in [0.1, 0.15) is 23.0 Å². The fourth-order valence-corrected chi connectivity index (χ4v) is 5.73. The molecule has 0 aliphatic rings. The van der Waals surface area contributed by atoms with Crippen LogP contribution >= 0.6 is 35.3 Å². The summed E-state index contributed by atoms with van der Waals surface area (Å²) in [5.41, 5.74) is 0. The van der Waals surface area contributed by atoms with Crippen LogP contribution in [-0.2, 0) is 24.6 Å². The Balaban J connectivity index is 1.39. The van der Waals surface area contributed by atoms with Crippen molar-refractivity contribution in [2.24, 2.45) is 0 Å². The van der Waals surface area contributed by atoms with E-state index >= 15 is 0 Å². The second-order valence-corrected chi connectivity index (χ2v) is 11.1. The molecule has 2 heterocycles. The Hall–Kier alpha value is -0.470. The number of hydrogen-bond donors (Lipinski definition) is 0. The first-order valence-corrected chi connectivity index (χ1v) is 13.7. The Labute approximate surface area is 189 Å². The maximum Gasteiger partial charge on any atom is 0.118 e. The third-order valence-electron chi connectivity index (χ3n) is 4.02. The standard InChI is InChI=1S/C22H36N2O2S3/c1-23(2)15-19-7-9-21(25-19)17-28-13-5-11-27-12-6-14-29-18-22-10-8-20(26-22)16-24(3)4/h7-10H,5-6,11-18H2,1-4H3. The third kappa shape index (κ3) is 11.5.